The minimum absolute atomic E-state index is 0.210. The van der Waals surface area contributed by atoms with Gasteiger partial charge in [-0.2, -0.15) is 0 Å². The van der Waals surface area contributed by atoms with E-state index >= 15 is 0 Å². The van der Waals surface area contributed by atoms with E-state index in [0.29, 0.717) is 17.9 Å². The van der Waals surface area contributed by atoms with Gasteiger partial charge in [0.15, 0.2) is 0 Å². The van der Waals surface area contributed by atoms with E-state index in [2.05, 4.69) is 42.0 Å². The van der Waals surface area contributed by atoms with Gasteiger partial charge in [-0.05, 0) is 31.1 Å². The first-order chi connectivity index (χ1) is 7.06. The van der Waals surface area contributed by atoms with Gasteiger partial charge in [-0.1, -0.05) is 36.7 Å². The highest BCUT2D eigenvalue weighted by Gasteiger charge is 2.33. The highest BCUT2D eigenvalue weighted by Crippen LogP contribution is 2.36. The number of amides is 1. The van der Waals surface area contributed by atoms with Gasteiger partial charge in [0, 0.05) is 17.3 Å². The van der Waals surface area contributed by atoms with Crippen molar-refractivity contribution in [3.63, 3.8) is 0 Å². The van der Waals surface area contributed by atoms with Crippen LogP contribution in [-0.2, 0) is 4.79 Å². The summed E-state index contributed by atoms with van der Waals surface area (Å²) >= 11 is 3.44. The van der Waals surface area contributed by atoms with Crippen LogP contribution in [0.15, 0.2) is 0 Å². The second-order valence-corrected chi connectivity index (χ2v) is 5.76. The fraction of sp³-hybridized carbons (Fsp3) is 0.917. The molecule has 1 aliphatic rings. The molecule has 1 fully saturated rings. The van der Waals surface area contributed by atoms with Gasteiger partial charge < -0.3 is 5.32 Å². The van der Waals surface area contributed by atoms with Crippen molar-refractivity contribution in [2.45, 2.75) is 46.1 Å². The summed E-state index contributed by atoms with van der Waals surface area (Å²) in [6.45, 7) is 6.38. The average Bonchev–Trinajstić information content (AvgIpc) is 2.98. The normalized spacial score (nSPS) is 20.1. The molecule has 1 aliphatic carbocycles. The highest BCUT2D eigenvalue weighted by atomic mass is 79.9. The number of nitrogens with one attached hydrogen (secondary N) is 1. The Morgan fingerprint density at radius 1 is 1.40 bits per heavy atom. The second-order valence-electron chi connectivity index (χ2n) is 4.96. The predicted molar refractivity (Wildman–Crippen MR) is 67.1 cm³/mol. The van der Waals surface area contributed by atoms with E-state index in [9.17, 15) is 4.79 Å². The molecule has 2 unspecified atom stereocenters. The summed E-state index contributed by atoms with van der Waals surface area (Å²) < 4.78 is 0. The first-order valence-electron chi connectivity index (χ1n) is 5.92. The van der Waals surface area contributed by atoms with Gasteiger partial charge in [0.05, 0.1) is 0 Å². The molecule has 2 nitrogen and oxygen atoms in total. The first-order valence-corrected chi connectivity index (χ1v) is 7.04. The Morgan fingerprint density at radius 2 is 2.00 bits per heavy atom. The summed E-state index contributed by atoms with van der Waals surface area (Å²) in [5, 5.41) is 4.12. The van der Waals surface area contributed by atoms with Gasteiger partial charge in [-0.15, -0.1) is 0 Å². The van der Waals surface area contributed by atoms with E-state index in [4.69, 9.17) is 0 Å². The molecule has 0 aromatic rings. The zero-order valence-electron chi connectivity index (χ0n) is 9.92. The van der Waals surface area contributed by atoms with E-state index in [0.717, 1.165) is 11.8 Å². The highest BCUT2D eigenvalue weighted by molar-refractivity contribution is 9.09. The lowest BCUT2D eigenvalue weighted by Gasteiger charge is -2.23. The lowest BCUT2D eigenvalue weighted by atomic mass is 9.99. The number of alkyl halides is 1. The van der Waals surface area contributed by atoms with Crippen LogP contribution in [0.4, 0.5) is 0 Å². The molecule has 1 saturated carbocycles. The quantitative estimate of drug-likeness (QED) is 0.742. The van der Waals surface area contributed by atoms with Crippen molar-refractivity contribution in [1.29, 1.82) is 0 Å². The molecular weight excluding hydrogens is 254 g/mol. The average molecular weight is 276 g/mol. The Kier molecular flexibility index (Phi) is 5.10. The Morgan fingerprint density at radius 3 is 2.40 bits per heavy atom. The van der Waals surface area contributed by atoms with Crippen molar-refractivity contribution >= 4 is 21.8 Å². The number of halogens is 1. The maximum atomic E-state index is 11.9. The summed E-state index contributed by atoms with van der Waals surface area (Å²) in [4.78, 5) is 11.9. The molecule has 0 aromatic carbocycles. The van der Waals surface area contributed by atoms with Crippen molar-refractivity contribution in [3.05, 3.63) is 0 Å². The summed E-state index contributed by atoms with van der Waals surface area (Å²) in [6, 6.07) is 0.318. The van der Waals surface area contributed by atoms with Crippen molar-refractivity contribution in [2.75, 3.05) is 5.33 Å². The number of carbonyl (C=O) groups excluding carboxylic acids is 1. The fourth-order valence-electron chi connectivity index (χ4n) is 1.81. The van der Waals surface area contributed by atoms with Crippen molar-refractivity contribution < 1.29 is 4.79 Å². The van der Waals surface area contributed by atoms with Crippen LogP contribution in [0.25, 0.3) is 0 Å². The molecular formula is C12H22BrNO. The summed E-state index contributed by atoms with van der Waals surface area (Å²) in [5.41, 5.74) is 0. The summed E-state index contributed by atoms with van der Waals surface area (Å²) in [5.74, 6) is 1.62. The lowest BCUT2D eigenvalue weighted by Crippen LogP contribution is -2.41. The van der Waals surface area contributed by atoms with Crippen LogP contribution < -0.4 is 5.32 Å². The molecule has 15 heavy (non-hydrogen) atoms. The third-order valence-corrected chi connectivity index (χ3v) is 3.75. The van der Waals surface area contributed by atoms with Crippen LogP contribution >= 0.6 is 15.9 Å². The minimum Gasteiger partial charge on any atom is -0.353 e. The van der Waals surface area contributed by atoms with Crippen LogP contribution in [-0.4, -0.2) is 17.3 Å². The molecule has 0 saturated heterocycles. The Bertz CT molecular complexity index is 214. The van der Waals surface area contributed by atoms with Crippen molar-refractivity contribution in [1.82, 2.24) is 5.32 Å². The van der Waals surface area contributed by atoms with Gasteiger partial charge in [0.2, 0.25) is 5.91 Å². The second kappa shape index (κ2) is 5.88. The minimum atomic E-state index is 0.210. The molecule has 0 aromatic heterocycles. The number of hydrogen-bond acceptors (Lipinski definition) is 1. The maximum Gasteiger partial charge on any atom is 0.223 e. The fourth-order valence-corrected chi connectivity index (χ4v) is 2.31. The summed E-state index contributed by atoms with van der Waals surface area (Å²) in [7, 11) is 0. The smallest absolute Gasteiger partial charge is 0.223 e. The van der Waals surface area contributed by atoms with E-state index < -0.39 is 0 Å². The van der Waals surface area contributed by atoms with E-state index in [-0.39, 0.29) is 11.8 Å². The van der Waals surface area contributed by atoms with Crippen LogP contribution in [0.2, 0.25) is 0 Å². The molecule has 0 heterocycles. The molecule has 2 atom stereocenters. The largest absolute Gasteiger partial charge is 0.353 e. The predicted octanol–water partition coefficient (Wildman–Crippen LogP) is 2.96. The molecule has 0 aliphatic heterocycles. The number of carbonyl (C=O) groups is 1. The van der Waals surface area contributed by atoms with Crippen LogP contribution in [0.3, 0.4) is 0 Å². The van der Waals surface area contributed by atoms with Crippen LogP contribution in [0.5, 0.6) is 0 Å². The van der Waals surface area contributed by atoms with Crippen molar-refractivity contribution in [3.8, 4) is 0 Å². The van der Waals surface area contributed by atoms with E-state index in [1.165, 1.54) is 12.8 Å². The maximum absolute atomic E-state index is 11.9. The van der Waals surface area contributed by atoms with Gasteiger partial charge >= 0.3 is 0 Å². The zero-order chi connectivity index (χ0) is 11.4. The molecule has 1 amide bonds. The van der Waals surface area contributed by atoms with E-state index in [1.807, 2.05) is 0 Å². The Hall–Kier alpha value is -0.0500. The molecule has 88 valence electrons. The summed E-state index contributed by atoms with van der Waals surface area (Å²) in [6.07, 6.45) is 3.49. The SMILES string of the molecule is CC(C)C(CCBr)NC(=O)C(C)C1CC1. The molecule has 1 rings (SSSR count). The first kappa shape index (κ1) is 13.0. The third kappa shape index (κ3) is 4.13. The molecule has 1 N–H and O–H groups in total. The van der Waals surface area contributed by atoms with Crippen LogP contribution in [0, 0.1) is 17.8 Å². The topological polar surface area (TPSA) is 29.1 Å². The Labute approximate surface area is 101 Å². The monoisotopic (exact) mass is 275 g/mol. The van der Waals surface area contributed by atoms with Gasteiger partial charge in [-0.25, -0.2) is 0 Å². The standard InChI is InChI=1S/C12H22BrNO/c1-8(2)11(6-7-13)14-12(15)9(3)10-4-5-10/h8-11H,4-7H2,1-3H3,(H,14,15). The third-order valence-electron chi connectivity index (χ3n) is 3.30. The molecule has 0 spiro atoms. The van der Waals surface area contributed by atoms with Gasteiger partial charge in [0.25, 0.3) is 0 Å². The molecule has 0 radical (unpaired) electrons. The number of hydrogen-bond donors (Lipinski definition) is 1. The molecule has 0 bridgehead atoms. The Balaban J connectivity index is 2.38. The number of rotatable bonds is 6. The zero-order valence-corrected chi connectivity index (χ0v) is 11.5. The molecule has 3 heteroatoms. The van der Waals surface area contributed by atoms with Gasteiger partial charge in [-0.3, -0.25) is 4.79 Å². The van der Waals surface area contributed by atoms with Crippen molar-refractivity contribution in [2.24, 2.45) is 17.8 Å². The lowest BCUT2D eigenvalue weighted by molar-refractivity contribution is -0.126. The van der Waals surface area contributed by atoms with Crippen LogP contribution in [0.1, 0.15) is 40.0 Å². The van der Waals surface area contributed by atoms with E-state index in [1.54, 1.807) is 0 Å². The van der Waals surface area contributed by atoms with Gasteiger partial charge in [0.1, 0.15) is 0 Å².